The summed E-state index contributed by atoms with van der Waals surface area (Å²) in [6.45, 7) is 5.28. The van der Waals surface area contributed by atoms with E-state index in [1.54, 1.807) is 0 Å². The first-order valence-electron chi connectivity index (χ1n) is 10.2. The molecule has 170 valence electrons. The number of benzene rings is 2. The van der Waals surface area contributed by atoms with Crippen molar-refractivity contribution in [2.45, 2.75) is 45.8 Å². The number of carbonyl (C=O) groups excluding carboxylic acids is 2. The van der Waals surface area contributed by atoms with E-state index in [1.807, 2.05) is 20.8 Å². The van der Waals surface area contributed by atoms with E-state index < -0.39 is 35.4 Å². The van der Waals surface area contributed by atoms with Crippen molar-refractivity contribution in [2.24, 2.45) is 16.6 Å². The van der Waals surface area contributed by atoms with E-state index in [4.69, 9.17) is 5.73 Å². The highest BCUT2D eigenvalue weighted by atomic mass is 19.1. The van der Waals surface area contributed by atoms with Crippen molar-refractivity contribution >= 4 is 17.8 Å². The van der Waals surface area contributed by atoms with Gasteiger partial charge in [-0.1, -0.05) is 19.9 Å². The molecule has 2 aromatic carbocycles. The van der Waals surface area contributed by atoms with Crippen LogP contribution in [0.1, 0.15) is 48.7 Å². The Balaban J connectivity index is 1.77. The quantitative estimate of drug-likeness (QED) is 0.712. The fraction of sp³-hybridized carbons (Fsp3) is 0.348. The Hall–Kier alpha value is -3.36. The molecule has 0 saturated heterocycles. The van der Waals surface area contributed by atoms with E-state index in [0.29, 0.717) is 5.56 Å². The van der Waals surface area contributed by atoms with Crippen LogP contribution in [-0.4, -0.2) is 28.2 Å². The lowest BCUT2D eigenvalue weighted by atomic mass is 9.84. The van der Waals surface area contributed by atoms with Crippen molar-refractivity contribution in [3.05, 3.63) is 70.5 Å². The number of aliphatic imine (C=N–C) groups is 1. The molecular weight excluding hydrogens is 421 g/mol. The normalized spacial score (nSPS) is 18.7. The number of hydrogen-bond donors (Lipinski definition) is 2. The van der Waals surface area contributed by atoms with Gasteiger partial charge < -0.3 is 11.1 Å². The van der Waals surface area contributed by atoms with Crippen molar-refractivity contribution in [1.82, 2.24) is 10.2 Å². The zero-order chi connectivity index (χ0) is 23.6. The van der Waals surface area contributed by atoms with Gasteiger partial charge in [0, 0.05) is 17.7 Å². The van der Waals surface area contributed by atoms with Gasteiger partial charge in [0.15, 0.2) is 5.96 Å². The first-order chi connectivity index (χ1) is 15.0. The van der Waals surface area contributed by atoms with Crippen molar-refractivity contribution in [3.8, 4) is 0 Å². The maximum Gasteiger partial charge on any atom is 0.251 e. The molecule has 0 bridgehead atoms. The molecule has 9 heteroatoms. The second-order valence-electron chi connectivity index (χ2n) is 8.37. The number of nitrogens with one attached hydrogen (secondary N) is 1. The van der Waals surface area contributed by atoms with Crippen molar-refractivity contribution < 1.29 is 22.8 Å². The number of guanidine groups is 1. The van der Waals surface area contributed by atoms with Gasteiger partial charge in [-0.3, -0.25) is 14.5 Å². The summed E-state index contributed by atoms with van der Waals surface area (Å²) in [4.78, 5) is 30.9. The minimum atomic E-state index is -0.794. The molecule has 1 heterocycles. The predicted molar refractivity (Wildman–Crippen MR) is 114 cm³/mol. The molecule has 0 aromatic heterocycles. The molecule has 3 rings (SSSR count). The van der Waals surface area contributed by atoms with Crippen LogP contribution in [0, 0.1) is 23.4 Å². The van der Waals surface area contributed by atoms with Gasteiger partial charge in [0.2, 0.25) is 5.91 Å². The number of carbonyl (C=O) groups is 2. The van der Waals surface area contributed by atoms with Gasteiger partial charge in [-0.05, 0) is 48.7 Å². The standard InChI is InChI=1S/C23H25F3N4O2/c1-13(2)23(3)10-20(31)30(22(27)29-23)12-14-7-15(9-16(24)8-14)21(32)28-11-17-18(25)5-4-6-19(17)26/h4-9,13H,10-12H2,1-3H3,(H2,27,29)(H,28,32). The summed E-state index contributed by atoms with van der Waals surface area (Å²) in [6, 6.07) is 6.96. The fourth-order valence-corrected chi connectivity index (χ4v) is 3.42. The number of hydrogen-bond acceptors (Lipinski definition) is 4. The van der Waals surface area contributed by atoms with Gasteiger partial charge in [-0.2, -0.15) is 0 Å². The van der Waals surface area contributed by atoms with E-state index in [1.165, 1.54) is 23.1 Å². The van der Waals surface area contributed by atoms with Crippen molar-refractivity contribution in [1.29, 1.82) is 0 Å². The minimum absolute atomic E-state index is 0.0303. The SMILES string of the molecule is CC(C)C1(C)CC(=O)N(Cc2cc(F)cc(C(=O)NCc3c(F)cccc3F)c2)C(N)=N1. The number of halogens is 3. The lowest BCUT2D eigenvalue weighted by molar-refractivity contribution is -0.130. The maximum atomic E-state index is 14.2. The molecule has 0 saturated carbocycles. The van der Waals surface area contributed by atoms with Crippen LogP contribution in [-0.2, 0) is 17.9 Å². The summed E-state index contributed by atoms with van der Waals surface area (Å²) in [5.74, 6) is -3.13. The summed E-state index contributed by atoms with van der Waals surface area (Å²) in [7, 11) is 0. The zero-order valence-corrected chi connectivity index (χ0v) is 18.1. The molecule has 3 N–H and O–H groups in total. The van der Waals surface area contributed by atoms with E-state index in [2.05, 4.69) is 10.3 Å². The lowest BCUT2D eigenvalue weighted by Gasteiger charge is -2.37. The van der Waals surface area contributed by atoms with Crippen LogP contribution in [0.15, 0.2) is 41.4 Å². The number of nitrogens with two attached hydrogens (primary N) is 1. The van der Waals surface area contributed by atoms with Gasteiger partial charge in [-0.25, -0.2) is 18.2 Å². The zero-order valence-electron chi connectivity index (χ0n) is 18.1. The summed E-state index contributed by atoms with van der Waals surface area (Å²) in [6.07, 6.45) is 0.155. The Kier molecular flexibility index (Phi) is 6.57. The van der Waals surface area contributed by atoms with Crippen molar-refractivity contribution in [3.63, 3.8) is 0 Å². The molecule has 2 aromatic rings. The monoisotopic (exact) mass is 446 g/mol. The molecular formula is C23H25F3N4O2. The fourth-order valence-electron chi connectivity index (χ4n) is 3.42. The van der Waals surface area contributed by atoms with Crippen LogP contribution in [0.4, 0.5) is 13.2 Å². The first-order valence-corrected chi connectivity index (χ1v) is 10.2. The Morgan fingerprint density at radius 1 is 1.22 bits per heavy atom. The molecule has 6 nitrogen and oxygen atoms in total. The van der Waals surface area contributed by atoms with Crippen LogP contribution in [0.25, 0.3) is 0 Å². The second-order valence-corrected chi connectivity index (χ2v) is 8.37. The Bertz CT molecular complexity index is 1070. The van der Waals surface area contributed by atoms with Gasteiger partial charge in [-0.15, -0.1) is 0 Å². The Labute approximate surface area is 184 Å². The van der Waals surface area contributed by atoms with Crippen LogP contribution in [0.5, 0.6) is 0 Å². The largest absolute Gasteiger partial charge is 0.369 e. The van der Waals surface area contributed by atoms with Gasteiger partial charge >= 0.3 is 0 Å². The summed E-state index contributed by atoms with van der Waals surface area (Å²) in [5, 5.41) is 2.38. The van der Waals surface area contributed by atoms with E-state index in [0.717, 1.165) is 18.2 Å². The Morgan fingerprint density at radius 2 is 1.88 bits per heavy atom. The van der Waals surface area contributed by atoms with E-state index in [-0.39, 0.29) is 41.9 Å². The highest BCUT2D eigenvalue weighted by Gasteiger charge is 2.38. The lowest BCUT2D eigenvalue weighted by Crippen LogP contribution is -2.51. The smallest absolute Gasteiger partial charge is 0.251 e. The van der Waals surface area contributed by atoms with E-state index >= 15 is 0 Å². The highest BCUT2D eigenvalue weighted by Crippen LogP contribution is 2.30. The highest BCUT2D eigenvalue weighted by molar-refractivity contribution is 5.99. The summed E-state index contributed by atoms with van der Waals surface area (Å²) < 4.78 is 41.7. The first kappa shape index (κ1) is 23.3. The topological polar surface area (TPSA) is 87.8 Å². The molecule has 2 amide bonds. The van der Waals surface area contributed by atoms with Crippen LogP contribution >= 0.6 is 0 Å². The molecule has 1 aliphatic rings. The predicted octanol–water partition coefficient (Wildman–Crippen LogP) is 3.50. The molecule has 0 aliphatic carbocycles. The molecule has 0 spiro atoms. The second kappa shape index (κ2) is 9.02. The van der Waals surface area contributed by atoms with Crippen LogP contribution in [0.3, 0.4) is 0 Å². The Morgan fingerprint density at radius 3 is 2.47 bits per heavy atom. The average molecular weight is 446 g/mol. The minimum Gasteiger partial charge on any atom is -0.369 e. The molecule has 0 radical (unpaired) electrons. The van der Waals surface area contributed by atoms with Crippen LogP contribution in [0.2, 0.25) is 0 Å². The molecule has 1 atom stereocenters. The molecule has 0 fully saturated rings. The van der Waals surface area contributed by atoms with Crippen molar-refractivity contribution in [2.75, 3.05) is 0 Å². The summed E-state index contributed by atoms with van der Waals surface area (Å²) >= 11 is 0. The average Bonchev–Trinajstić information content (AvgIpc) is 2.69. The molecule has 32 heavy (non-hydrogen) atoms. The summed E-state index contributed by atoms with van der Waals surface area (Å²) in [5.41, 5.74) is 5.38. The maximum absolute atomic E-state index is 14.2. The molecule has 1 aliphatic heterocycles. The van der Waals surface area contributed by atoms with Gasteiger partial charge in [0.25, 0.3) is 5.91 Å². The van der Waals surface area contributed by atoms with E-state index in [9.17, 15) is 22.8 Å². The molecule has 1 unspecified atom stereocenters. The number of nitrogens with zero attached hydrogens (tertiary/aromatic N) is 2. The number of rotatable bonds is 6. The third kappa shape index (κ3) is 4.92. The van der Waals surface area contributed by atoms with Gasteiger partial charge in [0.05, 0.1) is 18.5 Å². The number of amides is 2. The van der Waals surface area contributed by atoms with Gasteiger partial charge in [0.1, 0.15) is 17.5 Å². The third-order valence-corrected chi connectivity index (χ3v) is 5.75. The third-order valence-electron chi connectivity index (χ3n) is 5.75. The van der Waals surface area contributed by atoms with Crippen LogP contribution < -0.4 is 11.1 Å².